The third-order valence-electron chi connectivity index (χ3n) is 6.67. The average Bonchev–Trinajstić information content (AvgIpc) is 3.58. The fourth-order valence-electron chi connectivity index (χ4n) is 4.71. The van der Waals surface area contributed by atoms with E-state index in [0.29, 0.717) is 18.4 Å². The summed E-state index contributed by atoms with van der Waals surface area (Å²) in [6, 6.07) is 11.2. The highest BCUT2D eigenvalue weighted by atomic mass is 32.1. The van der Waals surface area contributed by atoms with Crippen molar-refractivity contribution in [3.05, 3.63) is 59.4 Å². The summed E-state index contributed by atoms with van der Waals surface area (Å²) >= 11 is 1.50. The first-order valence-electron chi connectivity index (χ1n) is 11.7. The molecule has 0 aliphatic carbocycles. The van der Waals surface area contributed by atoms with Gasteiger partial charge in [-0.15, -0.1) is 11.3 Å². The van der Waals surface area contributed by atoms with Crippen LogP contribution in [0.15, 0.2) is 48.9 Å². The number of carbonyl (C=O) groups excluding carboxylic acids is 1. The molecule has 34 heavy (non-hydrogen) atoms. The normalized spacial score (nSPS) is 16.3. The zero-order chi connectivity index (χ0) is 23.2. The first kappa shape index (κ1) is 21.1. The minimum atomic E-state index is 0.00428. The van der Waals surface area contributed by atoms with Crippen molar-refractivity contribution in [3.63, 3.8) is 0 Å². The van der Waals surface area contributed by atoms with E-state index in [0.717, 1.165) is 58.5 Å². The number of anilines is 3. The van der Waals surface area contributed by atoms with E-state index in [9.17, 15) is 4.79 Å². The van der Waals surface area contributed by atoms with Crippen molar-refractivity contribution in [3.8, 4) is 10.6 Å². The van der Waals surface area contributed by atoms with Gasteiger partial charge in [0.1, 0.15) is 0 Å². The molecule has 0 radical (unpaired) electrons. The largest absolute Gasteiger partial charge is 0.369 e. The molecule has 1 aromatic carbocycles. The lowest BCUT2D eigenvalue weighted by Crippen LogP contribution is -2.48. The molecule has 1 saturated heterocycles. The van der Waals surface area contributed by atoms with Crippen LogP contribution < -0.4 is 15.5 Å². The number of imidazole rings is 1. The van der Waals surface area contributed by atoms with Gasteiger partial charge in [-0.3, -0.25) is 14.1 Å². The SMILES string of the molecule is CC(C)N1CCN(c2ccc(Nc3ncc(-c4cc5c(s4)C(=O)NC5)n4ccnc34)cc2)CC1. The fraction of sp³-hybridized carbons (Fsp3) is 0.320. The summed E-state index contributed by atoms with van der Waals surface area (Å²) in [6.45, 7) is 9.42. The van der Waals surface area contributed by atoms with Gasteiger partial charge in [0, 0.05) is 62.5 Å². The van der Waals surface area contributed by atoms with E-state index >= 15 is 0 Å². The van der Waals surface area contributed by atoms with Crippen molar-refractivity contribution in [1.82, 2.24) is 24.6 Å². The number of rotatable bonds is 5. The van der Waals surface area contributed by atoms with Gasteiger partial charge in [-0.05, 0) is 49.7 Å². The smallest absolute Gasteiger partial charge is 0.261 e. The number of hydrogen-bond acceptors (Lipinski definition) is 7. The number of benzene rings is 1. The molecule has 2 aliphatic heterocycles. The number of nitrogens with one attached hydrogen (secondary N) is 2. The number of hydrogen-bond donors (Lipinski definition) is 2. The molecule has 0 bridgehead atoms. The van der Waals surface area contributed by atoms with Crippen molar-refractivity contribution in [2.24, 2.45) is 0 Å². The van der Waals surface area contributed by atoms with E-state index in [4.69, 9.17) is 0 Å². The lowest BCUT2D eigenvalue weighted by molar-refractivity contribution is 0.0969. The Kier molecular flexibility index (Phi) is 5.23. The van der Waals surface area contributed by atoms with Crippen LogP contribution in [-0.4, -0.2) is 57.4 Å². The predicted octanol–water partition coefficient (Wildman–Crippen LogP) is 3.98. The van der Waals surface area contributed by atoms with Crippen LogP contribution in [0.5, 0.6) is 0 Å². The van der Waals surface area contributed by atoms with E-state index in [1.54, 1.807) is 6.20 Å². The Bertz CT molecular complexity index is 1350. The Labute approximate surface area is 202 Å². The highest BCUT2D eigenvalue weighted by molar-refractivity contribution is 7.17. The highest BCUT2D eigenvalue weighted by Gasteiger charge is 2.24. The maximum absolute atomic E-state index is 12.0. The number of carbonyl (C=O) groups is 1. The van der Waals surface area contributed by atoms with Gasteiger partial charge in [-0.2, -0.15) is 0 Å². The lowest BCUT2D eigenvalue weighted by Gasteiger charge is -2.38. The highest BCUT2D eigenvalue weighted by Crippen LogP contribution is 2.35. The van der Waals surface area contributed by atoms with Crippen LogP contribution in [0.25, 0.3) is 16.2 Å². The number of nitrogens with zero attached hydrogens (tertiary/aromatic N) is 5. The second-order valence-corrected chi connectivity index (χ2v) is 10.1. The summed E-state index contributed by atoms with van der Waals surface area (Å²) < 4.78 is 2.02. The minimum absolute atomic E-state index is 0.00428. The standard InChI is InChI=1S/C25H27N7OS/c1-16(2)30-9-11-31(12-10-30)19-5-3-18(4-6-19)29-23-24-26-7-8-32(24)20(15-27-23)21-13-17-14-28-25(33)22(17)34-21/h3-8,13,15-16H,9-12,14H2,1-2H3,(H,27,29)(H,28,33). The molecule has 5 heterocycles. The topological polar surface area (TPSA) is 77.8 Å². The van der Waals surface area contributed by atoms with Crippen LogP contribution in [0.4, 0.5) is 17.2 Å². The molecule has 9 heteroatoms. The van der Waals surface area contributed by atoms with Gasteiger partial charge in [0.15, 0.2) is 11.5 Å². The monoisotopic (exact) mass is 473 g/mol. The van der Waals surface area contributed by atoms with Gasteiger partial charge >= 0.3 is 0 Å². The molecule has 3 aromatic heterocycles. The maximum Gasteiger partial charge on any atom is 0.261 e. The van der Waals surface area contributed by atoms with Crippen molar-refractivity contribution in [2.45, 2.75) is 26.4 Å². The van der Waals surface area contributed by atoms with E-state index in [2.05, 4.69) is 74.6 Å². The Hall–Kier alpha value is -3.43. The third kappa shape index (κ3) is 3.70. The van der Waals surface area contributed by atoms with Crippen molar-refractivity contribution in [2.75, 3.05) is 36.4 Å². The second kappa shape index (κ2) is 8.41. The molecular formula is C25H27N7OS. The quantitative estimate of drug-likeness (QED) is 0.457. The molecule has 174 valence electrons. The summed E-state index contributed by atoms with van der Waals surface area (Å²) in [6.07, 6.45) is 5.56. The molecular weight excluding hydrogens is 446 g/mol. The third-order valence-corrected chi connectivity index (χ3v) is 7.87. The minimum Gasteiger partial charge on any atom is -0.369 e. The fourth-order valence-corrected chi connectivity index (χ4v) is 5.82. The lowest BCUT2D eigenvalue weighted by atomic mass is 10.2. The molecule has 4 aromatic rings. The predicted molar refractivity (Wildman–Crippen MR) is 136 cm³/mol. The van der Waals surface area contributed by atoms with Crippen molar-refractivity contribution < 1.29 is 4.79 Å². The van der Waals surface area contributed by atoms with Crippen LogP contribution in [-0.2, 0) is 6.54 Å². The zero-order valence-electron chi connectivity index (χ0n) is 19.3. The average molecular weight is 474 g/mol. The molecule has 0 atom stereocenters. The molecule has 2 N–H and O–H groups in total. The van der Waals surface area contributed by atoms with Crippen LogP contribution in [0, 0.1) is 0 Å². The van der Waals surface area contributed by atoms with Gasteiger partial charge in [0.2, 0.25) is 0 Å². The Morgan fingerprint density at radius 3 is 2.62 bits per heavy atom. The van der Waals surface area contributed by atoms with Gasteiger partial charge in [0.25, 0.3) is 5.91 Å². The maximum atomic E-state index is 12.0. The first-order chi connectivity index (χ1) is 16.6. The molecule has 8 nitrogen and oxygen atoms in total. The molecule has 6 rings (SSSR count). The number of thiophene rings is 1. The van der Waals surface area contributed by atoms with Gasteiger partial charge in [-0.25, -0.2) is 9.97 Å². The number of aromatic nitrogens is 3. The molecule has 2 aliphatic rings. The Morgan fingerprint density at radius 2 is 1.88 bits per heavy atom. The molecule has 1 fully saturated rings. The van der Waals surface area contributed by atoms with Gasteiger partial charge in [0.05, 0.1) is 21.6 Å². The molecule has 0 unspecified atom stereocenters. The summed E-state index contributed by atoms with van der Waals surface area (Å²) in [4.78, 5) is 28.0. The number of amides is 1. The van der Waals surface area contributed by atoms with E-state index < -0.39 is 0 Å². The van der Waals surface area contributed by atoms with E-state index in [-0.39, 0.29) is 5.91 Å². The Balaban J connectivity index is 1.21. The van der Waals surface area contributed by atoms with Crippen LogP contribution >= 0.6 is 11.3 Å². The Morgan fingerprint density at radius 1 is 1.09 bits per heavy atom. The number of fused-ring (bicyclic) bond motifs is 2. The van der Waals surface area contributed by atoms with E-state index in [1.165, 1.54) is 17.0 Å². The summed E-state index contributed by atoms with van der Waals surface area (Å²) in [5.74, 6) is 0.707. The summed E-state index contributed by atoms with van der Waals surface area (Å²) in [5.41, 5.74) is 4.95. The van der Waals surface area contributed by atoms with Crippen LogP contribution in [0.1, 0.15) is 29.1 Å². The first-order valence-corrected chi connectivity index (χ1v) is 12.5. The van der Waals surface area contributed by atoms with Crippen LogP contribution in [0.2, 0.25) is 0 Å². The van der Waals surface area contributed by atoms with Crippen molar-refractivity contribution >= 4 is 40.1 Å². The van der Waals surface area contributed by atoms with Crippen molar-refractivity contribution in [1.29, 1.82) is 0 Å². The zero-order valence-corrected chi connectivity index (χ0v) is 20.1. The summed E-state index contributed by atoms with van der Waals surface area (Å²) in [7, 11) is 0. The molecule has 1 amide bonds. The van der Waals surface area contributed by atoms with Crippen LogP contribution in [0.3, 0.4) is 0 Å². The number of piperazine rings is 1. The van der Waals surface area contributed by atoms with Gasteiger partial charge in [-0.1, -0.05) is 0 Å². The molecule has 0 saturated carbocycles. The summed E-state index contributed by atoms with van der Waals surface area (Å²) in [5, 5.41) is 6.29. The van der Waals surface area contributed by atoms with E-state index in [1.807, 2.05) is 16.8 Å². The molecule has 0 spiro atoms. The van der Waals surface area contributed by atoms with Gasteiger partial charge < -0.3 is 15.5 Å². The second-order valence-electron chi connectivity index (χ2n) is 9.05.